The molecular weight excluding hydrogens is 196 g/mol. The maximum atomic E-state index is 8.61. The first-order chi connectivity index (χ1) is 7.31. The number of rotatable bonds is 2. The molecule has 2 heterocycles. The summed E-state index contributed by atoms with van der Waals surface area (Å²) in [5, 5.41) is 25.0. The third-order valence-electron chi connectivity index (χ3n) is 1.90. The number of hydrogen-bond donors (Lipinski definition) is 2. The molecule has 2 aromatic rings. The van der Waals surface area contributed by atoms with Gasteiger partial charge in [0.2, 0.25) is 0 Å². The molecule has 76 valence electrons. The maximum Gasteiger partial charge on any atom is 0.179 e. The van der Waals surface area contributed by atoms with Crippen LogP contribution in [0.3, 0.4) is 0 Å². The molecule has 0 aromatic carbocycles. The summed E-state index contributed by atoms with van der Waals surface area (Å²) in [5.41, 5.74) is 1.80. The molecule has 0 saturated heterocycles. The fourth-order valence-corrected chi connectivity index (χ4v) is 1.11. The van der Waals surface area contributed by atoms with Crippen molar-refractivity contribution in [2.75, 3.05) is 0 Å². The molecular formula is C8H8N6O. The van der Waals surface area contributed by atoms with E-state index in [1.807, 2.05) is 0 Å². The van der Waals surface area contributed by atoms with Gasteiger partial charge in [0.15, 0.2) is 5.82 Å². The van der Waals surface area contributed by atoms with Gasteiger partial charge in [-0.2, -0.15) is 0 Å². The molecule has 0 aliphatic rings. The van der Waals surface area contributed by atoms with E-state index < -0.39 is 0 Å². The SMILES string of the molecule is C/C(=N\O)c1cc(-c2nnn[nH]2)ccn1. The van der Waals surface area contributed by atoms with E-state index in [-0.39, 0.29) is 0 Å². The Bertz CT molecular complexity index is 478. The average molecular weight is 204 g/mol. The molecule has 15 heavy (non-hydrogen) atoms. The van der Waals surface area contributed by atoms with Crippen LogP contribution in [0, 0.1) is 0 Å². The van der Waals surface area contributed by atoms with Gasteiger partial charge in [0.25, 0.3) is 0 Å². The highest BCUT2D eigenvalue weighted by Crippen LogP contribution is 2.13. The summed E-state index contributed by atoms with van der Waals surface area (Å²) in [4.78, 5) is 4.05. The first kappa shape index (κ1) is 9.25. The van der Waals surface area contributed by atoms with E-state index in [1.165, 1.54) is 0 Å². The molecule has 0 bridgehead atoms. The highest BCUT2D eigenvalue weighted by atomic mass is 16.4. The standard InChI is InChI=1S/C8H8N6O/c1-5(12-15)7-4-6(2-3-9-7)8-10-13-14-11-8/h2-4,15H,1H3,(H,10,11,13,14)/b12-5+. The minimum Gasteiger partial charge on any atom is -0.411 e. The van der Waals surface area contributed by atoms with Gasteiger partial charge in [0, 0.05) is 11.8 Å². The number of nitrogens with zero attached hydrogens (tertiary/aromatic N) is 5. The Morgan fingerprint density at radius 2 is 2.40 bits per heavy atom. The lowest BCUT2D eigenvalue weighted by molar-refractivity contribution is 0.319. The van der Waals surface area contributed by atoms with Crippen LogP contribution in [-0.2, 0) is 0 Å². The molecule has 0 spiro atoms. The minimum absolute atomic E-state index is 0.435. The Balaban J connectivity index is 2.44. The van der Waals surface area contributed by atoms with E-state index in [1.54, 1.807) is 25.3 Å². The molecule has 0 aliphatic heterocycles. The van der Waals surface area contributed by atoms with E-state index in [0.717, 1.165) is 5.56 Å². The van der Waals surface area contributed by atoms with E-state index in [0.29, 0.717) is 17.2 Å². The van der Waals surface area contributed by atoms with Crippen molar-refractivity contribution in [3.8, 4) is 11.4 Å². The number of H-pyrrole nitrogens is 1. The van der Waals surface area contributed by atoms with Gasteiger partial charge in [-0.3, -0.25) is 4.98 Å². The normalized spacial score (nSPS) is 11.7. The van der Waals surface area contributed by atoms with Gasteiger partial charge in [0.05, 0.1) is 5.69 Å². The lowest BCUT2D eigenvalue weighted by Gasteiger charge is -1.99. The number of nitrogens with one attached hydrogen (secondary N) is 1. The van der Waals surface area contributed by atoms with Crippen LogP contribution in [0.2, 0.25) is 0 Å². The topological polar surface area (TPSA) is 99.9 Å². The van der Waals surface area contributed by atoms with Gasteiger partial charge < -0.3 is 5.21 Å². The molecule has 2 N–H and O–H groups in total. The first-order valence-electron chi connectivity index (χ1n) is 4.20. The van der Waals surface area contributed by atoms with Gasteiger partial charge in [0.1, 0.15) is 5.71 Å². The fraction of sp³-hybridized carbons (Fsp3) is 0.125. The molecule has 0 saturated carbocycles. The summed E-state index contributed by atoms with van der Waals surface area (Å²) in [6.07, 6.45) is 1.60. The molecule has 0 radical (unpaired) electrons. The van der Waals surface area contributed by atoms with Gasteiger partial charge in [-0.25, -0.2) is 5.10 Å². The van der Waals surface area contributed by atoms with Gasteiger partial charge in [-0.15, -0.1) is 5.10 Å². The van der Waals surface area contributed by atoms with E-state index in [4.69, 9.17) is 5.21 Å². The van der Waals surface area contributed by atoms with Crippen molar-refractivity contribution in [3.63, 3.8) is 0 Å². The minimum atomic E-state index is 0.435. The number of pyridine rings is 1. The van der Waals surface area contributed by atoms with Crippen LogP contribution in [0.15, 0.2) is 23.5 Å². The van der Waals surface area contributed by atoms with Crippen LogP contribution in [0.4, 0.5) is 0 Å². The fourth-order valence-electron chi connectivity index (χ4n) is 1.11. The lowest BCUT2D eigenvalue weighted by atomic mass is 10.2. The summed E-state index contributed by atoms with van der Waals surface area (Å²) in [6.45, 7) is 1.66. The monoisotopic (exact) mass is 204 g/mol. The van der Waals surface area contributed by atoms with Gasteiger partial charge in [-0.1, -0.05) is 5.16 Å². The second-order valence-corrected chi connectivity index (χ2v) is 2.87. The molecule has 0 aliphatic carbocycles. The molecule has 7 heteroatoms. The zero-order valence-corrected chi connectivity index (χ0v) is 7.92. The van der Waals surface area contributed by atoms with Crippen LogP contribution in [0.1, 0.15) is 12.6 Å². The maximum absolute atomic E-state index is 8.61. The summed E-state index contributed by atoms with van der Waals surface area (Å²) >= 11 is 0. The number of aromatic amines is 1. The Labute approximate surface area is 84.9 Å². The second kappa shape index (κ2) is 3.82. The molecule has 2 aromatic heterocycles. The largest absolute Gasteiger partial charge is 0.411 e. The summed E-state index contributed by atoms with van der Waals surface area (Å²) in [5.74, 6) is 0.546. The van der Waals surface area contributed by atoms with Crippen molar-refractivity contribution in [1.29, 1.82) is 0 Å². The average Bonchev–Trinajstić information content (AvgIpc) is 2.82. The number of tetrazole rings is 1. The van der Waals surface area contributed by atoms with Gasteiger partial charge >= 0.3 is 0 Å². The smallest absolute Gasteiger partial charge is 0.179 e. The van der Waals surface area contributed by atoms with Crippen molar-refractivity contribution >= 4 is 5.71 Å². The molecule has 0 atom stereocenters. The molecule has 7 nitrogen and oxygen atoms in total. The first-order valence-corrected chi connectivity index (χ1v) is 4.20. The van der Waals surface area contributed by atoms with Crippen LogP contribution < -0.4 is 0 Å². The van der Waals surface area contributed by atoms with Crippen molar-refractivity contribution in [2.45, 2.75) is 6.92 Å². The van der Waals surface area contributed by atoms with Crippen LogP contribution in [-0.4, -0.2) is 36.5 Å². The highest BCUT2D eigenvalue weighted by Gasteiger charge is 2.05. The zero-order chi connectivity index (χ0) is 10.7. The summed E-state index contributed by atoms with van der Waals surface area (Å²) < 4.78 is 0. The molecule has 0 fully saturated rings. The van der Waals surface area contributed by atoms with Crippen LogP contribution >= 0.6 is 0 Å². The zero-order valence-electron chi connectivity index (χ0n) is 7.92. The van der Waals surface area contributed by atoms with Crippen molar-refractivity contribution in [2.24, 2.45) is 5.16 Å². The number of oxime groups is 1. The third-order valence-corrected chi connectivity index (χ3v) is 1.90. The molecule has 0 amide bonds. The highest BCUT2D eigenvalue weighted by molar-refractivity contribution is 5.97. The Hall–Kier alpha value is -2.31. The van der Waals surface area contributed by atoms with Gasteiger partial charge in [-0.05, 0) is 29.5 Å². The summed E-state index contributed by atoms with van der Waals surface area (Å²) in [6, 6.07) is 3.49. The number of aromatic nitrogens is 5. The quantitative estimate of drug-likeness (QED) is 0.420. The second-order valence-electron chi connectivity index (χ2n) is 2.87. The Kier molecular flexibility index (Phi) is 2.36. The van der Waals surface area contributed by atoms with Crippen molar-refractivity contribution in [3.05, 3.63) is 24.0 Å². The predicted molar refractivity (Wildman–Crippen MR) is 51.4 cm³/mol. The van der Waals surface area contributed by atoms with Crippen molar-refractivity contribution < 1.29 is 5.21 Å². The van der Waals surface area contributed by atoms with Crippen LogP contribution in [0.25, 0.3) is 11.4 Å². The Morgan fingerprint density at radius 1 is 1.53 bits per heavy atom. The third kappa shape index (κ3) is 1.80. The predicted octanol–water partition coefficient (Wildman–Crippen LogP) is 0.460. The van der Waals surface area contributed by atoms with Crippen molar-refractivity contribution in [1.82, 2.24) is 25.6 Å². The summed E-state index contributed by atoms with van der Waals surface area (Å²) in [7, 11) is 0. The molecule has 0 unspecified atom stereocenters. The van der Waals surface area contributed by atoms with E-state index in [2.05, 4.69) is 30.8 Å². The van der Waals surface area contributed by atoms with Crippen LogP contribution in [0.5, 0.6) is 0 Å². The number of hydrogen-bond acceptors (Lipinski definition) is 6. The Morgan fingerprint density at radius 3 is 3.07 bits per heavy atom. The van der Waals surface area contributed by atoms with E-state index >= 15 is 0 Å². The lowest BCUT2D eigenvalue weighted by Crippen LogP contribution is -1.98. The molecule has 2 rings (SSSR count). The van der Waals surface area contributed by atoms with E-state index in [9.17, 15) is 0 Å².